The van der Waals surface area contributed by atoms with Crippen molar-refractivity contribution in [3.05, 3.63) is 35.1 Å². The van der Waals surface area contributed by atoms with Crippen molar-refractivity contribution in [3.63, 3.8) is 0 Å². The molecule has 2 amide bonds. The third kappa shape index (κ3) is 4.58. The van der Waals surface area contributed by atoms with Crippen molar-refractivity contribution < 1.29 is 4.79 Å². The van der Waals surface area contributed by atoms with Crippen LogP contribution in [-0.4, -0.2) is 27.8 Å². The molecule has 6 nitrogen and oxygen atoms in total. The van der Waals surface area contributed by atoms with Gasteiger partial charge in [-0.2, -0.15) is 0 Å². The molecule has 0 radical (unpaired) electrons. The van der Waals surface area contributed by atoms with Crippen molar-refractivity contribution in [2.24, 2.45) is 0 Å². The zero-order valence-corrected chi connectivity index (χ0v) is 12.1. The molecule has 0 saturated heterocycles. The molecule has 0 saturated carbocycles. The molecule has 106 valence electrons. The van der Waals surface area contributed by atoms with Crippen molar-refractivity contribution >= 4 is 22.5 Å². The molecule has 20 heavy (non-hydrogen) atoms. The third-order valence-corrected chi connectivity index (χ3v) is 3.47. The molecule has 0 atom stereocenters. The van der Waals surface area contributed by atoms with Crippen LogP contribution in [0.5, 0.6) is 0 Å². The fourth-order valence-corrected chi connectivity index (χ4v) is 2.46. The van der Waals surface area contributed by atoms with Crippen molar-refractivity contribution in [1.29, 1.82) is 0 Å². The fourth-order valence-electron chi connectivity index (χ4n) is 1.63. The Balaban J connectivity index is 1.72. The van der Waals surface area contributed by atoms with Crippen LogP contribution in [-0.2, 0) is 12.8 Å². The summed E-state index contributed by atoms with van der Waals surface area (Å²) in [5.41, 5.74) is 1.09. The van der Waals surface area contributed by atoms with Gasteiger partial charge in [0.25, 0.3) is 0 Å². The minimum atomic E-state index is -0.256. The molecule has 0 aromatic carbocycles. The number of aromatic nitrogens is 3. The highest BCUT2D eigenvalue weighted by Gasteiger charge is 2.07. The van der Waals surface area contributed by atoms with Crippen molar-refractivity contribution in [2.75, 3.05) is 11.9 Å². The van der Waals surface area contributed by atoms with Gasteiger partial charge in [-0.25, -0.2) is 4.79 Å². The summed E-state index contributed by atoms with van der Waals surface area (Å²) in [6.45, 7) is 2.64. The number of nitrogens with one attached hydrogen (secondary N) is 2. The highest BCUT2D eigenvalue weighted by molar-refractivity contribution is 7.15. The van der Waals surface area contributed by atoms with E-state index in [-0.39, 0.29) is 6.03 Å². The molecule has 0 aliphatic rings. The van der Waals surface area contributed by atoms with E-state index in [1.165, 1.54) is 11.3 Å². The largest absolute Gasteiger partial charge is 0.337 e. The predicted molar refractivity (Wildman–Crippen MR) is 78.9 cm³/mol. The second-order valence-corrected chi connectivity index (χ2v) is 5.31. The van der Waals surface area contributed by atoms with E-state index in [2.05, 4.69) is 32.7 Å². The quantitative estimate of drug-likeness (QED) is 0.855. The minimum Gasteiger partial charge on any atom is -0.337 e. The summed E-state index contributed by atoms with van der Waals surface area (Å²) in [5, 5.41) is 14.9. The molecule has 7 heteroatoms. The number of hydrogen-bond acceptors (Lipinski definition) is 5. The molecule has 2 rings (SSSR count). The van der Waals surface area contributed by atoms with Gasteiger partial charge in [0.05, 0.1) is 0 Å². The molecule has 0 aliphatic heterocycles. The summed E-state index contributed by atoms with van der Waals surface area (Å²) >= 11 is 1.41. The highest BCUT2D eigenvalue weighted by Crippen LogP contribution is 2.16. The number of anilines is 1. The van der Waals surface area contributed by atoms with Gasteiger partial charge in [-0.1, -0.05) is 24.3 Å². The van der Waals surface area contributed by atoms with Gasteiger partial charge in [0.2, 0.25) is 5.13 Å². The lowest BCUT2D eigenvalue weighted by Gasteiger charge is -2.04. The lowest BCUT2D eigenvalue weighted by molar-refractivity contribution is 0.252. The molecular formula is C13H17N5OS. The lowest BCUT2D eigenvalue weighted by Crippen LogP contribution is -2.30. The average molecular weight is 291 g/mol. The number of carbonyl (C=O) groups excluding carboxylic acids is 1. The number of aryl methyl sites for hydroxylation is 1. The number of urea groups is 1. The second kappa shape index (κ2) is 7.54. The maximum Gasteiger partial charge on any atom is 0.321 e. The van der Waals surface area contributed by atoms with E-state index in [1.807, 2.05) is 12.1 Å². The van der Waals surface area contributed by atoms with E-state index in [0.29, 0.717) is 11.7 Å². The first-order valence-electron chi connectivity index (χ1n) is 6.54. The molecule has 2 aromatic rings. The SMILES string of the molecule is CCCc1nnc(NC(=O)NCCc2cccnc2)s1. The number of amides is 2. The first-order valence-corrected chi connectivity index (χ1v) is 7.35. The van der Waals surface area contributed by atoms with Gasteiger partial charge in [0.15, 0.2) is 0 Å². The van der Waals surface area contributed by atoms with E-state index < -0.39 is 0 Å². The molecular weight excluding hydrogens is 274 g/mol. The minimum absolute atomic E-state index is 0.256. The summed E-state index contributed by atoms with van der Waals surface area (Å²) in [4.78, 5) is 15.7. The van der Waals surface area contributed by atoms with Crippen LogP contribution in [0.4, 0.5) is 9.93 Å². The van der Waals surface area contributed by atoms with Gasteiger partial charge in [-0.3, -0.25) is 10.3 Å². The number of hydrogen-bond donors (Lipinski definition) is 2. The molecule has 0 bridgehead atoms. The van der Waals surface area contributed by atoms with Gasteiger partial charge in [0.1, 0.15) is 5.01 Å². The lowest BCUT2D eigenvalue weighted by atomic mass is 10.2. The van der Waals surface area contributed by atoms with Crippen LogP contribution in [0.25, 0.3) is 0 Å². The zero-order valence-electron chi connectivity index (χ0n) is 11.3. The Morgan fingerprint density at radius 3 is 3.00 bits per heavy atom. The molecule has 0 spiro atoms. The molecule has 0 aliphatic carbocycles. The van der Waals surface area contributed by atoms with Crippen LogP contribution in [0, 0.1) is 0 Å². The standard InChI is InChI=1S/C13H17N5OS/c1-2-4-11-17-18-13(20-11)16-12(19)15-8-6-10-5-3-7-14-9-10/h3,5,7,9H,2,4,6,8H2,1H3,(H2,15,16,18,19). The van der Waals surface area contributed by atoms with E-state index in [4.69, 9.17) is 0 Å². The first-order chi connectivity index (χ1) is 9.78. The molecule has 2 aromatic heterocycles. The summed E-state index contributed by atoms with van der Waals surface area (Å²) < 4.78 is 0. The Kier molecular flexibility index (Phi) is 5.43. The van der Waals surface area contributed by atoms with Crippen LogP contribution < -0.4 is 10.6 Å². The third-order valence-electron chi connectivity index (χ3n) is 2.57. The smallest absolute Gasteiger partial charge is 0.321 e. The maximum atomic E-state index is 11.7. The van der Waals surface area contributed by atoms with Gasteiger partial charge in [-0.15, -0.1) is 10.2 Å². The Hall–Kier alpha value is -2.02. The molecule has 2 heterocycles. The van der Waals surface area contributed by atoms with E-state index >= 15 is 0 Å². The predicted octanol–water partition coefficient (Wildman–Crippen LogP) is 2.25. The maximum absolute atomic E-state index is 11.7. The van der Waals surface area contributed by atoms with Crippen molar-refractivity contribution in [2.45, 2.75) is 26.2 Å². The van der Waals surface area contributed by atoms with Gasteiger partial charge < -0.3 is 5.32 Å². The number of pyridine rings is 1. The second-order valence-electron chi connectivity index (χ2n) is 4.24. The Labute approximate surface area is 121 Å². The molecule has 0 unspecified atom stereocenters. The number of rotatable bonds is 6. The number of nitrogens with zero attached hydrogens (tertiary/aromatic N) is 3. The summed E-state index contributed by atoms with van der Waals surface area (Å²) in [7, 11) is 0. The van der Waals surface area contributed by atoms with Crippen LogP contribution in [0.15, 0.2) is 24.5 Å². The van der Waals surface area contributed by atoms with Crippen LogP contribution in [0.2, 0.25) is 0 Å². The highest BCUT2D eigenvalue weighted by atomic mass is 32.1. The molecule has 2 N–H and O–H groups in total. The van der Waals surface area contributed by atoms with Crippen LogP contribution in [0.1, 0.15) is 23.9 Å². The Bertz CT molecular complexity index is 543. The Morgan fingerprint density at radius 2 is 2.25 bits per heavy atom. The van der Waals surface area contributed by atoms with Crippen molar-refractivity contribution in [1.82, 2.24) is 20.5 Å². The summed E-state index contributed by atoms with van der Waals surface area (Å²) in [6, 6.07) is 3.60. The normalized spacial score (nSPS) is 10.2. The van der Waals surface area contributed by atoms with Gasteiger partial charge in [-0.05, 0) is 24.5 Å². The molecule has 0 fully saturated rings. The van der Waals surface area contributed by atoms with E-state index in [1.54, 1.807) is 12.4 Å². The Morgan fingerprint density at radius 1 is 1.35 bits per heavy atom. The van der Waals surface area contributed by atoms with Crippen LogP contribution in [0.3, 0.4) is 0 Å². The van der Waals surface area contributed by atoms with Crippen LogP contribution >= 0.6 is 11.3 Å². The van der Waals surface area contributed by atoms with Crippen molar-refractivity contribution in [3.8, 4) is 0 Å². The zero-order chi connectivity index (χ0) is 14.2. The van der Waals surface area contributed by atoms with E-state index in [0.717, 1.165) is 29.8 Å². The van der Waals surface area contributed by atoms with Gasteiger partial charge >= 0.3 is 6.03 Å². The monoisotopic (exact) mass is 291 g/mol. The topological polar surface area (TPSA) is 79.8 Å². The average Bonchev–Trinajstić information content (AvgIpc) is 2.88. The van der Waals surface area contributed by atoms with E-state index in [9.17, 15) is 4.79 Å². The number of carbonyl (C=O) groups is 1. The first kappa shape index (κ1) is 14.4. The van der Waals surface area contributed by atoms with Gasteiger partial charge in [0, 0.05) is 25.4 Å². The summed E-state index contributed by atoms with van der Waals surface area (Å²) in [5.74, 6) is 0. The fraction of sp³-hybridized carbons (Fsp3) is 0.385. The summed E-state index contributed by atoms with van der Waals surface area (Å²) in [6.07, 6.45) is 6.18.